The molecule has 0 fully saturated rings. The highest BCUT2D eigenvalue weighted by Gasteiger charge is 2.11. The third-order valence-electron chi connectivity index (χ3n) is 2.75. The van der Waals surface area contributed by atoms with Crippen LogP contribution in [0.5, 0.6) is 17.2 Å². The van der Waals surface area contributed by atoms with Crippen molar-refractivity contribution in [3.05, 3.63) is 53.1 Å². The average molecular weight is 293 g/mol. The molecule has 2 N–H and O–H groups in total. The van der Waals surface area contributed by atoms with Gasteiger partial charge in [0.05, 0.1) is 5.02 Å². The Morgan fingerprint density at radius 3 is 2.50 bits per heavy atom. The number of rotatable bonds is 5. The minimum absolute atomic E-state index is 0.0525. The van der Waals surface area contributed by atoms with E-state index in [-0.39, 0.29) is 24.3 Å². The van der Waals surface area contributed by atoms with Gasteiger partial charge in [-0.1, -0.05) is 35.9 Å². The van der Waals surface area contributed by atoms with E-state index in [0.717, 1.165) is 0 Å². The van der Waals surface area contributed by atoms with Gasteiger partial charge in [0.1, 0.15) is 5.75 Å². The summed E-state index contributed by atoms with van der Waals surface area (Å²) >= 11 is 5.98. The first kappa shape index (κ1) is 14.2. The first-order valence-corrected chi connectivity index (χ1v) is 6.41. The Morgan fingerprint density at radius 1 is 1.10 bits per heavy atom. The van der Waals surface area contributed by atoms with E-state index in [1.807, 2.05) is 0 Å². The quantitative estimate of drug-likeness (QED) is 0.878. The number of aromatic hydroxyl groups is 1. The standard InChI is InChI=1S/C15H13ClO4/c16-11-5-1-2-6-12(11)20-13-7-3-4-10(15(13)19)8-9-14(17)18/h1-7,19H,8-9H2,(H,17,18). The lowest BCUT2D eigenvalue weighted by Gasteiger charge is -2.11. The second-order valence-corrected chi connectivity index (χ2v) is 4.60. The van der Waals surface area contributed by atoms with Gasteiger partial charge in [0.25, 0.3) is 0 Å². The first-order chi connectivity index (χ1) is 9.58. The summed E-state index contributed by atoms with van der Waals surface area (Å²) in [6, 6.07) is 11.9. The van der Waals surface area contributed by atoms with E-state index in [0.29, 0.717) is 16.3 Å². The minimum atomic E-state index is -0.915. The third kappa shape index (κ3) is 3.42. The molecule has 0 aromatic heterocycles. The zero-order valence-electron chi connectivity index (χ0n) is 10.5. The number of ether oxygens (including phenoxy) is 1. The second-order valence-electron chi connectivity index (χ2n) is 4.19. The van der Waals surface area contributed by atoms with Crippen LogP contribution in [-0.2, 0) is 11.2 Å². The number of hydrogen-bond acceptors (Lipinski definition) is 3. The monoisotopic (exact) mass is 292 g/mol. The lowest BCUT2D eigenvalue weighted by molar-refractivity contribution is -0.136. The highest BCUT2D eigenvalue weighted by atomic mass is 35.5. The molecule has 104 valence electrons. The summed E-state index contributed by atoms with van der Waals surface area (Å²) in [5, 5.41) is 19.2. The van der Waals surface area contributed by atoms with Gasteiger partial charge >= 0.3 is 5.97 Å². The van der Waals surface area contributed by atoms with Gasteiger partial charge in [0.2, 0.25) is 0 Å². The Morgan fingerprint density at radius 2 is 1.80 bits per heavy atom. The molecule has 0 radical (unpaired) electrons. The smallest absolute Gasteiger partial charge is 0.303 e. The van der Waals surface area contributed by atoms with Gasteiger partial charge < -0.3 is 14.9 Å². The summed E-state index contributed by atoms with van der Waals surface area (Å²) in [6.45, 7) is 0. The highest BCUT2D eigenvalue weighted by molar-refractivity contribution is 6.32. The molecule has 2 aromatic carbocycles. The molecule has 0 aliphatic carbocycles. The molecule has 2 rings (SSSR count). The maximum atomic E-state index is 10.6. The fourth-order valence-corrected chi connectivity index (χ4v) is 1.91. The molecular formula is C15H13ClO4. The summed E-state index contributed by atoms with van der Waals surface area (Å²) in [5.74, 6) is -0.295. The number of aryl methyl sites for hydroxylation is 1. The Hall–Kier alpha value is -2.20. The van der Waals surface area contributed by atoms with Gasteiger partial charge in [-0.25, -0.2) is 0 Å². The van der Waals surface area contributed by atoms with Crippen molar-refractivity contribution < 1.29 is 19.7 Å². The van der Waals surface area contributed by atoms with Crippen LogP contribution in [0.25, 0.3) is 0 Å². The van der Waals surface area contributed by atoms with Gasteiger partial charge in [0, 0.05) is 6.42 Å². The number of halogens is 1. The second kappa shape index (κ2) is 6.30. The highest BCUT2D eigenvalue weighted by Crippen LogP contribution is 2.36. The van der Waals surface area contributed by atoms with Crippen molar-refractivity contribution in [3.8, 4) is 17.2 Å². The predicted octanol–water partition coefficient (Wildman–Crippen LogP) is 3.86. The van der Waals surface area contributed by atoms with E-state index < -0.39 is 5.97 Å². The van der Waals surface area contributed by atoms with Crippen LogP contribution in [0.2, 0.25) is 5.02 Å². The normalized spacial score (nSPS) is 10.2. The summed E-state index contributed by atoms with van der Waals surface area (Å²) in [7, 11) is 0. The first-order valence-electron chi connectivity index (χ1n) is 6.03. The Labute approximate surface area is 121 Å². The summed E-state index contributed by atoms with van der Waals surface area (Å²) in [5.41, 5.74) is 0.525. The number of phenolic OH excluding ortho intramolecular Hbond substituents is 1. The number of benzene rings is 2. The van der Waals surface area contributed by atoms with Gasteiger partial charge in [-0.05, 0) is 30.2 Å². The minimum Gasteiger partial charge on any atom is -0.504 e. The number of hydrogen-bond donors (Lipinski definition) is 2. The molecule has 0 heterocycles. The van der Waals surface area contributed by atoms with E-state index >= 15 is 0 Å². The number of aliphatic carboxylic acids is 1. The van der Waals surface area contributed by atoms with Crippen LogP contribution >= 0.6 is 11.6 Å². The van der Waals surface area contributed by atoms with Crippen molar-refractivity contribution in [3.63, 3.8) is 0 Å². The fraction of sp³-hybridized carbons (Fsp3) is 0.133. The molecule has 0 bridgehead atoms. The predicted molar refractivity (Wildman–Crippen MR) is 75.6 cm³/mol. The lowest BCUT2D eigenvalue weighted by Crippen LogP contribution is -1.98. The number of phenols is 1. The van der Waals surface area contributed by atoms with Crippen LogP contribution in [0.3, 0.4) is 0 Å². The molecule has 0 aliphatic rings. The SMILES string of the molecule is O=C(O)CCc1cccc(Oc2ccccc2Cl)c1O. The van der Waals surface area contributed by atoms with Crippen LogP contribution in [0.15, 0.2) is 42.5 Å². The molecule has 2 aromatic rings. The van der Waals surface area contributed by atoms with Crippen molar-refractivity contribution in [1.82, 2.24) is 0 Å². The van der Waals surface area contributed by atoms with Crippen LogP contribution < -0.4 is 4.74 Å². The summed E-state index contributed by atoms with van der Waals surface area (Å²) in [4.78, 5) is 10.6. The number of carbonyl (C=O) groups is 1. The molecule has 4 nitrogen and oxygen atoms in total. The molecule has 20 heavy (non-hydrogen) atoms. The van der Waals surface area contributed by atoms with Crippen molar-refractivity contribution in [1.29, 1.82) is 0 Å². The number of carboxylic acids is 1. The van der Waals surface area contributed by atoms with E-state index in [2.05, 4.69) is 0 Å². The van der Waals surface area contributed by atoms with Gasteiger partial charge in [-0.3, -0.25) is 4.79 Å². The van der Waals surface area contributed by atoms with Crippen molar-refractivity contribution >= 4 is 17.6 Å². The maximum absolute atomic E-state index is 10.6. The number of para-hydroxylation sites is 2. The topological polar surface area (TPSA) is 66.8 Å². The maximum Gasteiger partial charge on any atom is 0.303 e. The average Bonchev–Trinajstić information content (AvgIpc) is 2.42. The molecule has 0 unspecified atom stereocenters. The van der Waals surface area contributed by atoms with Crippen molar-refractivity contribution in [2.24, 2.45) is 0 Å². The summed E-state index contributed by atoms with van der Waals surface area (Å²) in [6.07, 6.45) is 0.185. The van der Waals surface area contributed by atoms with Gasteiger partial charge in [0.15, 0.2) is 11.5 Å². The molecular weight excluding hydrogens is 280 g/mol. The van der Waals surface area contributed by atoms with E-state index in [1.54, 1.807) is 42.5 Å². The lowest BCUT2D eigenvalue weighted by atomic mass is 10.1. The molecule has 0 saturated heterocycles. The van der Waals surface area contributed by atoms with Crippen LogP contribution in [0, 0.1) is 0 Å². The molecule has 0 spiro atoms. The van der Waals surface area contributed by atoms with Crippen LogP contribution in [-0.4, -0.2) is 16.2 Å². The van der Waals surface area contributed by atoms with E-state index in [4.69, 9.17) is 21.4 Å². The number of carboxylic acid groups (broad SMARTS) is 1. The van der Waals surface area contributed by atoms with E-state index in [1.165, 1.54) is 0 Å². The largest absolute Gasteiger partial charge is 0.504 e. The van der Waals surface area contributed by atoms with Gasteiger partial charge in [-0.2, -0.15) is 0 Å². The third-order valence-corrected chi connectivity index (χ3v) is 3.06. The summed E-state index contributed by atoms with van der Waals surface area (Å²) < 4.78 is 5.56. The molecule has 0 atom stereocenters. The fourth-order valence-electron chi connectivity index (χ4n) is 1.74. The Kier molecular flexibility index (Phi) is 4.48. The Bertz CT molecular complexity index is 625. The zero-order valence-corrected chi connectivity index (χ0v) is 11.3. The van der Waals surface area contributed by atoms with Gasteiger partial charge in [-0.15, -0.1) is 0 Å². The molecule has 0 saturated carbocycles. The van der Waals surface area contributed by atoms with Crippen LogP contribution in [0.1, 0.15) is 12.0 Å². The van der Waals surface area contributed by atoms with E-state index in [9.17, 15) is 9.90 Å². The van der Waals surface area contributed by atoms with Crippen molar-refractivity contribution in [2.45, 2.75) is 12.8 Å². The van der Waals surface area contributed by atoms with Crippen LogP contribution in [0.4, 0.5) is 0 Å². The molecule has 0 amide bonds. The molecule has 0 aliphatic heterocycles. The zero-order chi connectivity index (χ0) is 14.5. The molecule has 5 heteroatoms. The van der Waals surface area contributed by atoms with Crippen molar-refractivity contribution in [2.75, 3.05) is 0 Å². The Balaban J connectivity index is 2.22.